The molecule has 3 aromatic rings. The predicted molar refractivity (Wildman–Crippen MR) is 122 cm³/mol. The number of methoxy groups -OCH3 is 1. The molecule has 3 heterocycles. The fourth-order valence-corrected chi connectivity index (χ4v) is 4.02. The van der Waals surface area contributed by atoms with Crippen molar-refractivity contribution < 1.29 is 18.7 Å². The van der Waals surface area contributed by atoms with Crippen molar-refractivity contribution in [1.82, 2.24) is 20.5 Å². The molecule has 1 fully saturated rings. The third-order valence-electron chi connectivity index (χ3n) is 5.66. The Kier molecular flexibility index (Phi) is 7.51. The first-order valence-electron chi connectivity index (χ1n) is 11.0. The second-order valence-corrected chi connectivity index (χ2v) is 7.86. The van der Waals surface area contributed by atoms with Crippen LogP contribution in [0.15, 0.2) is 42.5 Å². The summed E-state index contributed by atoms with van der Waals surface area (Å²) in [7, 11) is 1.60. The van der Waals surface area contributed by atoms with Crippen molar-refractivity contribution in [2.75, 3.05) is 32.0 Å². The molecule has 1 aromatic carbocycles. The summed E-state index contributed by atoms with van der Waals surface area (Å²) in [6.45, 7) is 1.58. The van der Waals surface area contributed by atoms with Crippen molar-refractivity contribution >= 4 is 11.7 Å². The number of hydrogen-bond acceptors (Lipinski definition) is 6. The van der Waals surface area contributed by atoms with Crippen LogP contribution in [-0.4, -0.2) is 48.1 Å². The molecule has 1 aliphatic heterocycles. The Labute approximate surface area is 192 Å². The Balaban J connectivity index is 1.53. The molecule has 4 rings (SSSR count). The summed E-state index contributed by atoms with van der Waals surface area (Å²) >= 11 is 0. The van der Waals surface area contributed by atoms with Crippen LogP contribution < -0.4 is 15.0 Å². The lowest BCUT2D eigenvalue weighted by Crippen LogP contribution is -2.25. The molecule has 0 unspecified atom stereocenters. The summed E-state index contributed by atoms with van der Waals surface area (Å²) in [5, 5.41) is 10.0. The highest BCUT2D eigenvalue weighted by Gasteiger charge is 2.21. The largest absolute Gasteiger partial charge is 0.463 e. The van der Waals surface area contributed by atoms with Crippen molar-refractivity contribution in [3.05, 3.63) is 70.7 Å². The molecule has 1 amide bonds. The molecule has 9 heteroatoms. The Hall–Kier alpha value is -3.46. The zero-order chi connectivity index (χ0) is 23.0. The number of anilines is 1. The van der Waals surface area contributed by atoms with Crippen molar-refractivity contribution in [1.29, 1.82) is 0 Å². The highest BCUT2D eigenvalue weighted by atomic mass is 19.1. The molecule has 0 bridgehead atoms. The molecule has 1 saturated heterocycles. The smallest absolute Gasteiger partial charge is 0.272 e. The maximum atomic E-state index is 13.0. The number of nitrogens with one attached hydrogen (secondary N) is 2. The lowest BCUT2D eigenvalue weighted by Gasteiger charge is -2.17. The fourth-order valence-electron chi connectivity index (χ4n) is 4.02. The maximum absolute atomic E-state index is 13.0. The molecule has 33 heavy (non-hydrogen) atoms. The summed E-state index contributed by atoms with van der Waals surface area (Å²) in [6.07, 6.45) is 2.80. The summed E-state index contributed by atoms with van der Waals surface area (Å²) in [6, 6.07) is 13.0. The average molecular weight is 454 g/mol. The number of benzene rings is 1. The third-order valence-corrected chi connectivity index (χ3v) is 5.66. The highest BCUT2D eigenvalue weighted by Crippen LogP contribution is 2.22. The lowest BCUT2D eigenvalue weighted by molar-refractivity contribution is 0.0944. The quantitative estimate of drug-likeness (QED) is 0.489. The van der Waals surface area contributed by atoms with Crippen LogP contribution in [0.2, 0.25) is 0 Å². The Morgan fingerprint density at radius 2 is 2.00 bits per heavy atom. The van der Waals surface area contributed by atoms with Crippen LogP contribution in [0.5, 0.6) is 5.75 Å². The molecular formula is C24H28FN5O3. The maximum Gasteiger partial charge on any atom is 0.272 e. The minimum atomic E-state index is -0.932. The second-order valence-electron chi connectivity index (χ2n) is 7.86. The second kappa shape index (κ2) is 10.9. The van der Waals surface area contributed by atoms with Crippen molar-refractivity contribution in [2.24, 2.45) is 0 Å². The number of halogens is 1. The van der Waals surface area contributed by atoms with Crippen LogP contribution in [0.1, 0.15) is 45.8 Å². The van der Waals surface area contributed by atoms with Gasteiger partial charge < -0.3 is 19.7 Å². The van der Waals surface area contributed by atoms with E-state index >= 15 is 0 Å². The topological polar surface area (TPSA) is 92.4 Å². The van der Waals surface area contributed by atoms with E-state index in [-0.39, 0.29) is 12.5 Å². The van der Waals surface area contributed by atoms with E-state index in [0.717, 1.165) is 35.9 Å². The van der Waals surface area contributed by atoms with E-state index in [0.29, 0.717) is 30.0 Å². The number of aromatic nitrogens is 3. The number of amides is 1. The van der Waals surface area contributed by atoms with E-state index < -0.39 is 6.86 Å². The third kappa shape index (κ3) is 5.48. The van der Waals surface area contributed by atoms with Crippen LogP contribution in [-0.2, 0) is 24.3 Å². The van der Waals surface area contributed by atoms with Crippen LogP contribution in [0.4, 0.5) is 10.2 Å². The number of ether oxygens (including phenoxy) is 2. The van der Waals surface area contributed by atoms with Gasteiger partial charge in [0.25, 0.3) is 5.91 Å². The molecule has 2 N–H and O–H groups in total. The number of carbonyl (C=O) groups excluding carboxylic acids is 1. The van der Waals surface area contributed by atoms with Gasteiger partial charge in [-0.3, -0.25) is 9.89 Å². The fraction of sp³-hybridized carbons (Fsp3) is 0.375. The first-order valence-corrected chi connectivity index (χ1v) is 11.0. The van der Waals surface area contributed by atoms with E-state index in [1.165, 1.54) is 12.8 Å². The van der Waals surface area contributed by atoms with Gasteiger partial charge >= 0.3 is 0 Å². The zero-order valence-corrected chi connectivity index (χ0v) is 18.6. The first kappa shape index (κ1) is 22.7. The predicted octanol–water partition coefficient (Wildman–Crippen LogP) is 3.38. The summed E-state index contributed by atoms with van der Waals surface area (Å²) < 4.78 is 22.9. The SMILES string of the molecule is COCc1[nH]nc(C(=O)NCc2ccccc2OCF)c1Cc1cccc(N2CCCC2)n1. The minimum Gasteiger partial charge on any atom is -0.463 e. The van der Waals surface area contributed by atoms with Gasteiger partial charge in [0.1, 0.15) is 11.6 Å². The van der Waals surface area contributed by atoms with E-state index in [4.69, 9.17) is 14.5 Å². The van der Waals surface area contributed by atoms with Crippen LogP contribution in [0.3, 0.4) is 0 Å². The van der Waals surface area contributed by atoms with E-state index in [2.05, 4.69) is 20.4 Å². The van der Waals surface area contributed by atoms with E-state index in [1.54, 1.807) is 25.3 Å². The molecule has 1 aliphatic rings. The summed E-state index contributed by atoms with van der Waals surface area (Å²) in [4.78, 5) is 20.1. The van der Waals surface area contributed by atoms with Crippen molar-refractivity contribution in [3.63, 3.8) is 0 Å². The number of alkyl halides is 1. The molecule has 0 atom stereocenters. The normalized spacial score (nSPS) is 13.3. The summed E-state index contributed by atoms with van der Waals surface area (Å²) in [5.74, 6) is 1.01. The van der Waals surface area contributed by atoms with Crippen LogP contribution >= 0.6 is 0 Å². The Morgan fingerprint density at radius 1 is 1.18 bits per heavy atom. The molecule has 0 radical (unpaired) electrons. The highest BCUT2D eigenvalue weighted by molar-refractivity contribution is 5.94. The number of rotatable bonds is 10. The Bertz CT molecular complexity index is 1080. The number of pyridine rings is 1. The van der Waals surface area contributed by atoms with Gasteiger partial charge in [-0.15, -0.1) is 0 Å². The molecular weight excluding hydrogens is 425 g/mol. The average Bonchev–Trinajstić information content (AvgIpc) is 3.50. The Morgan fingerprint density at radius 3 is 2.79 bits per heavy atom. The van der Waals surface area contributed by atoms with Crippen molar-refractivity contribution in [3.8, 4) is 5.75 Å². The number of para-hydroxylation sites is 1. The minimum absolute atomic E-state index is 0.184. The van der Waals surface area contributed by atoms with Crippen LogP contribution in [0, 0.1) is 0 Å². The molecule has 0 saturated carbocycles. The van der Waals surface area contributed by atoms with Gasteiger partial charge in [-0.05, 0) is 31.0 Å². The lowest BCUT2D eigenvalue weighted by atomic mass is 10.1. The number of carbonyl (C=O) groups is 1. The van der Waals surface area contributed by atoms with Gasteiger partial charge in [-0.1, -0.05) is 24.3 Å². The van der Waals surface area contributed by atoms with Gasteiger partial charge in [0.2, 0.25) is 6.86 Å². The van der Waals surface area contributed by atoms with Crippen LogP contribution in [0.25, 0.3) is 0 Å². The number of H-pyrrole nitrogens is 1. The standard InChI is InChI=1S/C24H28FN5O3/c1-32-15-20-19(13-18-8-6-10-22(27-18)30-11-4-5-12-30)23(29-28-20)24(31)26-14-17-7-2-3-9-21(17)33-16-25/h2-3,6-10H,4-5,11-16H2,1H3,(H,26,31)(H,28,29). The first-order chi connectivity index (χ1) is 16.2. The molecule has 0 spiro atoms. The monoisotopic (exact) mass is 453 g/mol. The van der Waals surface area contributed by atoms with Gasteiger partial charge in [0.05, 0.1) is 12.3 Å². The molecule has 0 aliphatic carbocycles. The molecule has 2 aromatic heterocycles. The summed E-state index contributed by atoms with van der Waals surface area (Å²) in [5.41, 5.74) is 3.30. The zero-order valence-electron chi connectivity index (χ0n) is 18.6. The van der Waals surface area contributed by atoms with Gasteiger partial charge in [-0.25, -0.2) is 9.37 Å². The van der Waals surface area contributed by atoms with Gasteiger partial charge in [-0.2, -0.15) is 5.10 Å². The van der Waals surface area contributed by atoms with Crippen molar-refractivity contribution in [2.45, 2.75) is 32.4 Å². The van der Waals surface area contributed by atoms with Gasteiger partial charge in [0, 0.05) is 50.0 Å². The number of aromatic amines is 1. The van der Waals surface area contributed by atoms with Gasteiger partial charge in [0.15, 0.2) is 5.69 Å². The molecule has 8 nitrogen and oxygen atoms in total. The molecule has 174 valence electrons. The number of nitrogens with zero attached hydrogens (tertiary/aromatic N) is 3. The van der Waals surface area contributed by atoms with E-state index in [9.17, 15) is 9.18 Å². The van der Waals surface area contributed by atoms with E-state index in [1.807, 2.05) is 24.3 Å². The number of hydrogen-bond donors (Lipinski definition) is 2.